The maximum absolute atomic E-state index is 12.7. The normalized spacial score (nSPS) is 16.8. The van der Waals surface area contributed by atoms with Gasteiger partial charge in [-0.2, -0.15) is 0 Å². The molecule has 0 amide bonds. The van der Waals surface area contributed by atoms with Gasteiger partial charge in [0.15, 0.2) is 5.50 Å². The summed E-state index contributed by atoms with van der Waals surface area (Å²) >= 11 is 0. The number of nitrogens with one attached hydrogen (secondary N) is 2. The number of anilines is 2. The first kappa shape index (κ1) is 16.6. The molecule has 0 fully saturated rings. The van der Waals surface area contributed by atoms with Crippen molar-refractivity contribution in [3.63, 3.8) is 0 Å². The lowest BCUT2D eigenvalue weighted by atomic mass is 10.1. The Kier molecular flexibility index (Phi) is 4.62. The molecule has 2 unspecified atom stereocenters. The van der Waals surface area contributed by atoms with E-state index in [2.05, 4.69) is 15.6 Å². The molecule has 1 aliphatic rings. The van der Waals surface area contributed by atoms with Crippen LogP contribution >= 0.6 is 0 Å². The van der Waals surface area contributed by atoms with E-state index >= 15 is 0 Å². The Bertz CT molecular complexity index is 795. The second-order valence-electron chi connectivity index (χ2n) is 5.65. The SMILES string of the molecule is COc1ccc2c(c1)NC(S(=O)Cc1ncc(C)c(OC)c1C)N2. The number of hydrogen-bond acceptors (Lipinski definition) is 6. The summed E-state index contributed by atoms with van der Waals surface area (Å²) in [5, 5.41) is 6.48. The van der Waals surface area contributed by atoms with Gasteiger partial charge >= 0.3 is 0 Å². The smallest absolute Gasteiger partial charge is 0.175 e. The van der Waals surface area contributed by atoms with E-state index in [4.69, 9.17) is 9.47 Å². The van der Waals surface area contributed by atoms with Gasteiger partial charge in [0.2, 0.25) is 0 Å². The van der Waals surface area contributed by atoms with E-state index in [1.807, 2.05) is 32.0 Å². The molecule has 6 nitrogen and oxygen atoms in total. The minimum absolute atomic E-state index is 0.345. The topological polar surface area (TPSA) is 72.5 Å². The van der Waals surface area contributed by atoms with Crippen LogP contribution in [0, 0.1) is 13.8 Å². The van der Waals surface area contributed by atoms with Gasteiger partial charge in [-0.25, -0.2) is 0 Å². The second kappa shape index (κ2) is 6.68. The molecule has 2 N–H and O–H groups in total. The van der Waals surface area contributed by atoms with Crippen molar-refractivity contribution >= 4 is 22.2 Å². The van der Waals surface area contributed by atoms with Crippen LogP contribution in [0.1, 0.15) is 16.8 Å². The standard InChI is InChI=1S/C17H21N3O3S/c1-10-8-18-15(11(2)16(10)23-4)9-24(21)17-19-13-6-5-12(22-3)7-14(13)20-17/h5-8,17,19-20H,9H2,1-4H3. The number of hydrogen-bond donors (Lipinski definition) is 2. The average molecular weight is 347 g/mol. The predicted molar refractivity (Wildman–Crippen MR) is 96.1 cm³/mol. The lowest BCUT2D eigenvalue weighted by Gasteiger charge is -2.15. The molecule has 1 aromatic heterocycles. The number of methoxy groups -OCH3 is 2. The van der Waals surface area contributed by atoms with Crippen molar-refractivity contribution in [2.45, 2.75) is 25.1 Å². The number of benzene rings is 1. The van der Waals surface area contributed by atoms with Crippen LogP contribution < -0.4 is 20.1 Å². The molecular weight excluding hydrogens is 326 g/mol. The molecule has 2 atom stereocenters. The van der Waals surface area contributed by atoms with Gasteiger partial charge in [0, 0.05) is 23.4 Å². The van der Waals surface area contributed by atoms with Crippen LogP contribution in [-0.2, 0) is 16.6 Å². The fourth-order valence-electron chi connectivity index (χ4n) is 2.78. The molecule has 2 aromatic rings. The zero-order valence-electron chi connectivity index (χ0n) is 14.2. The highest BCUT2D eigenvalue weighted by atomic mass is 32.2. The summed E-state index contributed by atoms with van der Waals surface area (Å²) < 4.78 is 23.4. The first-order valence-electron chi connectivity index (χ1n) is 7.61. The maximum Gasteiger partial charge on any atom is 0.175 e. The van der Waals surface area contributed by atoms with Gasteiger partial charge in [0.25, 0.3) is 0 Å². The second-order valence-corrected chi connectivity index (χ2v) is 7.17. The molecule has 7 heteroatoms. The van der Waals surface area contributed by atoms with Crippen molar-refractivity contribution in [2.75, 3.05) is 24.9 Å². The summed E-state index contributed by atoms with van der Waals surface area (Å²) in [5.74, 6) is 1.91. The molecule has 24 heavy (non-hydrogen) atoms. The van der Waals surface area contributed by atoms with E-state index in [0.717, 1.165) is 39.7 Å². The van der Waals surface area contributed by atoms with Gasteiger partial charge in [-0.1, -0.05) is 0 Å². The van der Waals surface area contributed by atoms with E-state index in [0.29, 0.717) is 5.75 Å². The molecule has 0 spiro atoms. The Morgan fingerprint density at radius 1 is 1.17 bits per heavy atom. The molecule has 1 aromatic carbocycles. The van der Waals surface area contributed by atoms with Crippen LogP contribution in [0.15, 0.2) is 24.4 Å². The van der Waals surface area contributed by atoms with E-state index in [1.54, 1.807) is 20.4 Å². The summed E-state index contributed by atoms with van der Waals surface area (Å²) in [6, 6.07) is 5.67. The fraction of sp³-hybridized carbons (Fsp3) is 0.353. The Hall–Kier alpha value is -2.28. The molecule has 0 bridgehead atoms. The highest BCUT2D eigenvalue weighted by molar-refractivity contribution is 7.85. The molecule has 0 aliphatic carbocycles. The zero-order valence-corrected chi connectivity index (χ0v) is 15.0. The van der Waals surface area contributed by atoms with Crippen molar-refractivity contribution in [2.24, 2.45) is 0 Å². The summed E-state index contributed by atoms with van der Waals surface area (Å²) in [7, 11) is 2.07. The van der Waals surface area contributed by atoms with Crippen LogP contribution in [0.4, 0.5) is 11.4 Å². The summed E-state index contributed by atoms with van der Waals surface area (Å²) in [6.07, 6.45) is 1.76. The summed E-state index contributed by atoms with van der Waals surface area (Å²) in [6.45, 7) is 3.89. The zero-order chi connectivity index (χ0) is 17.3. The molecule has 3 rings (SSSR count). The quantitative estimate of drug-likeness (QED) is 0.866. The fourth-order valence-corrected chi connectivity index (χ4v) is 4.02. The molecular formula is C17H21N3O3S. The Labute approximate surface area is 144 Å². The Balaban J connectivity index is 1.75. The average Bonchev–Trinajstić information content (AvgIpc) is 3.01. The van der Waals surface area contributed by atoms with Gasteiger partial charge in [-0.3, -0.25) is 9.19 Å². The van der Waals surface area contributed by atoms with Crippen molar-refractivity contribution in [1.82, 2.24) is 4.98 Å². The number of aromatic nitrogens is 1. The van der Waals surface area contributed by atoms with Gasteiger partial charge in [-0.15, -0.1) is 0 Å². The van der Waals surface area contributed by atoms with Gasteiger partial charge in [0.05, 0.1) is 47.8 Å². The number of rotatable bonds is 5. The predicted octanol–water partition coefficient (Wildman–Crippen LogP) is 2.79. The van der Waals surface area contributed by atoms with Crippen molar-refractivity contribution in [1.29, 1.82) is 0 Å². The molecule has 0 saturated carbocycles. The summed E-state index contributed by atoms with van der Waals surface area (Å²) in [5.41, 5.74) is 4.14. The van der Waals surface area contributed by atoms with Crippen molar-refractivity contribution in [3.8, 4) is 11.5 Å². The summed E-state index contributed by atoms with van der Waals surface area (Å²) in [4.78, 5) is 4.43. The van der Waals surface area contributed by atoms with Gasteiger partial charge < -0.3 is 20.1 Å². The van der Waals surface area contributed by atoms with Crippen LogP contribution in [0.5, 0.6) is 11.5 Å². The lowest BCUT2D eigenvalue weighted by Crippen LogP contribution is -2.29. The first-order chi connectivity index (χ1) is 11.5. The number of nitrogens with zero attached hydrogens (tertiary/aromatic N) is 1. The number of ether oxygens (including phenoxy) is 2. The monoisotopic (exact) mass is 347 g/mol. The van der Waals surface area contributed by atoms with Crippen LogP contribution in [0.25, 0.3) is 0 Å². The number of pyridine rings is 1. The van der Waals surface area contributed by atoms with Gasteiger partial charge in [-0.05, 0) is 26.0 Å². The first-order valence-corrected chi connectivity index (χ1v) is 8.99. The minimum Gasteiger partial charge on any atom is -0.497 e. The molecule has 0 radical (unpaired) electrons. The molecule has 128 valence electrons. The van der Waals surface area contributed by atoms with E-state index < -0.39 is 10.8 Å². The van der Waals surface area contributed by atoms with Gasteiger partial charge in [0.1, 0.15) is 11.5 Å². The van der Waals surface area contributed by atoms with Crippen molar-refractivity contribution < 1.29 is 13.7 Å². The number of fused-ring (bicyclic) bond motifs is 1. The lowest BCUT2D eigenvalue weighted by molar-refractivity contribution is 0.407. The van der Waals surface area contributed by atoms with Crippen LogP contribution in [-0.4, -0.2) is 28.9 Å². The Morgan fingerprint density at radius 2 is 1.92 bits per heavy atom. The third-order valence-electron chi connectivity index (χ3n) is 4.09. The third kappa shape index (κ3) is 3.03. The largest absolute Gasteiger partial charge is 0.497 e. The third-order valence-corrected chi connectivity index (χ3v) is 5.41. The van der Waals surface area contributed by atoms with E-state index in [-0.39, 0.29) is 5.50 Å². The highest BCUT2D eigenvalue weighted by Crippen LogP contribution is 2.34. The molecule has 2 heterocycles. The maximum atomic E-state index is 12.7. The highest BCUT2D eigenvalue weighted by Gasteiger charge is 2.26. The molecule has 0 saturated heterocycles. The minimum atomic E-state index is -1.19. The van der Waals surface area contributed by atoms with Crippen LogP contribution in [0.2, 0.25) is 0 Å². The van der Waals surface area contributed by atoms with E-state index in [9.17, 15) is 4.21 Å². The molecule has 1 aliphatic heterocycles. The van der Waals surface area contributed by atoms with Crippen LogP contribution in [0.3, 0.4) is 0 Å². The Morgan fingerprint density at radius 3 is 2.62 bits per heavy atom. The van der Waals surface area contributed by atoms with Crippen molar-refractivity contribution in [3.05, 3.63) is 41.2 Å². The number of aryl methyl sites for hydroxylation is 1. The van der Waals surface area contributed by atoms with E-state index in [1.165, 1.54) is 0 Å².